The van der Waals surface area contributed by atoms with E-state index >= 15 is 0 Å². The standard InChI is InChI=1S/C26H26N2O3S/c1-31-22-10-6-5-9-20(22)26(30)28(19-11-12-19)17-24(29)27-15-13-23-21(14-16-32-23)25(27)18-7-3-2-4-8-18/h2-10,14,16,19,25H,11-13,15,17H2,1H3. The van der Waals surface area contributed by atoms with Gasteiger partial charge in [-0.25, -0.2) is 0 Å². The van der Waals surface area contributed by atoms with Gasteiger partial charge in [0.2, 0.25) is 5.91 Å². The van der Waals surface area contributed by atoms with Gasteiger partial charge < -0.3 is 14.5 Å². The van der Waals surface area contributed by atoms with Crippen molar-refractivity contribution in [1.29, 1.82) is 0 Å². The monoisotopic (exact) mass is 446 g/mol. The summed E-state index contributed by atoms with van der Waals surface area (Å²) in [5.74, 6) is 0.396. The molecule has 1 aromatic heterocycles. The molecule has 1 aliphatic carbocycles. The number of nitrogens with zero attached hydrogens (tertiary/aromatic N) is 2. The SMILES string of the molecule is COc1ccccc1C(=O)N(CC(=O)N1CCc2sccc2C1c1ccccc1)C1CC1. The summed E-state index contributed by atoms with van der Waals surface area (Å²) in [6.07, 6.45) is 2.72. The lowest BCUT2D eigenvalue weighted by molar-refractivity contribution is -0.134. The number of hydrogen-bond donors (Lipinski definition) is 0. The van der Waals surface area contributed by atoms with Crippen molar-refractivity contribution in [2.75, 3.05) is 20.2 Å². The molecule has 1 atom stereocenters. The highest BCUT2D eigenvalue weighted by Gasteiger charge is 2.38. The normalized spacial score (nSPS) is 17.5. The maximum Gasteiger partial charge on any atom is 0.258 e. The van der Waals surface area contributed by atoms with Crippen LogP contribution in [-0.4, -0.2) is 47.9 Å². The minimum atomic E-state index is -0.136. The third-order valence-corrected chi connectivity index (χ3v) is 7.29. The van der Waals surface area contributed by atoms with Gasteiger partial charge in [-0.1, -0.05) is 42.5 Å². The summed E-state index contributed by atoms with van der Waals surface area (Å²) in [5.41, 5.74) is 2.82. The lowest BCUT2D eigenvalue weighted by Gasteiger charge is -2.37. The topological polar surface area (TPSA) is 49.9 Å². The van der Waals surface area contributed by atoms with Gasteiger partial charge in [-0.2, -0.15) is 0 Å². The van der Waals surface area contributed by atoms with Gasteiger partial charge in [0.05, 0.1) is 18.7 Å². The molecule has 0 spiro atoms. The van der Waals surface area contributed by atoms with E-state index in [1.165, 1.54) is 10.4 Å². The first-order chi connectivity index (χ1) is 15.7. The Kier molecular flexibility index (Phi) is 5.70. The van der Waals surface area contributed by atoms with Crippen molar-refractivity contribution in [2.45, 2.75) is 31.3 Å². The van der Waals surface area contributed by atoms with Gasteiger partial charge in [-0.05, 0) is 54.0 Å². The van der Waals surface area contributed by atoms with Gasteiger partial charge >= 0.3 is 0 Å². The van der Waals surface area contributed by atoms with Gasteiger partial charge in [0.15, 0.2) is 0 Å². The van der Waals surface area contributed by atoms with Crippen LogP contribution in [0.15, 0.2) is 66.0 Å². The zero-order valence-corrected chi connectivity index (χ0v) is 18.9. The number of hydrogen-bond acceptors (Lipinski definition) is 4. The molecule has 6 heteroatoms. The summed E-state index contributed by atoms with van der Waals surface area (Å²) < 4.78 is 5.40. The Labute approximate surface area is 192 Å². The van der Waals surface area contributed by atoms with E-state index in [1.807, 2.05) is 35.2 Å². The number of amides is 2. The second-order valence-electron chi connectivity index (χ2n) is 8.31. The molecule has 1 unspecified atom stereocenters. The molecule has 1 fully saturated rings. The van der Waals surface area contributed by atoms with E-state index in [1.54, 1.807) is 35.5 Å². The molecular weight excluding hydrogens is 420 g/mol. The number of benzene rings is 2. The number of carbonyl (C=O) groups is 2. The van der Waals surface area contributed by atoms with Crippen LogP contribution >= 0.6 is 11.3 Å². The summed E-state index contributed by atoms with van der Waals surface area (Å²) in [4.78, 5) is 32.1. The van der Waals surface area contributed by atoms with Crippen LogP contribution in [0, 0.1) is 0 Å². The summed E-state index contributed by atoms with van der Waals surface area (Å²) in [7, 11) is 1.56. The van der Waals surface area contributed by atoms with E-state index < -0.39 is 0 Å². The first-order valence-corrected chi connectivity index (χ1v) is 11.9. The summed E-state index contributed by atoms with van der Waals surface area (Å²) in [6.45, 7) is 0.748. The zero-order chi connectivity index (χ0) is 22.1. The second kappa shape index (κ2) is 8.79. The fourth-order valence-corrected chi connectivity index (χ4v) is 5.45. The maximum absolute atomic E-state index is 13.7. The number of methoxy groups -OCH3 is 1. The number of ether oxygens (including phenoxy) is 1. The summed E-state index contributed by atoms with van der Waals surface area (Å²) >= 11 is 1.76. The molecule has 2 aromatic carbocycles. The fourth-order valence-electron chi connectivity index (χ4n) is 4.55. The lowest BCUT2D eigenvalue weighted by atomic mass is 9.93. The minimum Gasteiger partial charge on any atom is -0.496 e. The first kappa shape index (κ1) is 20.8. The van der Waals surface area contributed by atoms with Crippen LogP contribution in [0.1, 0.15) is 45.2 Å². The van der Waals surface area contributed by atoms with Crippen LogP contribution in [0.5, 0.6) is 5.75 Å². The molecule has 0 radical (unpaired) electrons. The molecule has 164 valence electrons. The average Bonchev–Trinajstić information content (AvgIpc) is 3.57. The molecule has 5 rings (SSSR count). The molecule has 0 saturated heterocycles. The highest BCUT2D eigenvalue weighted by molar-refractivity contribution is 7.10. The third-order valence-electron chi connectivity index (χ3n) is 6.29. The van der Waals surface area contributed by atoms with Crippen molar-refractivity contribution in [1.82, 2.24) is 9.80 Å². The quantitative estimate of drug-likeness (QED) is 0.559. The molecule has 3 aromatic rings. The van der Waals surface area contributed by atoms with E-state index in [0.717, 1.165) is 24.8 Å². The predicted molar refractivity (Wildman–Crippen MR) is 125 cm³/mol. The van der Waals surface area contributed by atoms with Gasteiger partial charge in [-0.3, -0.25) is 9.59 Å². The van der Waals surface area contributed by atoms with Crippen molar-refractivity contribution < 1.29 is 14.3 Å². The van der Waals surface area contributed by atoms with Gasteiger partial charge in [0.25, 0.3) is 5.91 Å². The highest BCUT2D eigenvalue weighted by atomic mass is 32.1. The fraction of sp³-hybridized carbons (Fsp3) is 0.308. The van der Waals surface area contributed by atoms with Crippen molar-refractivity contribution in [2.24, 2.45) is 0 Å². The molecule has 1 aliphatic heterocycles. The number of carbonyl (C=O) groups excluding carboxylic acids is 2. The molecule has 2 heterocycles. The summed E-state index contributed by atoms with van der Waals surface area (Å²) in [6, 6.07) is 19.6. The molecule has 1 saturated carbocycles. The predicted octanol–water partition coefficient (Wildman–Crippen LogP) is 4.54. The van der Waals surface area contributed by atoms with Crippen LogP contribution in [-0.2, 0) is 11.2 Å². The molecule has 32 heavy (non-hydrogen) atoms. The molecule has 0 N–H and O–H groups in total. The Balaban J connectivity index is 1.43. The van der Waals surface area contributed by atoms with Gasteiger partial charge in [0, 0.05) is 17.5 Å². The average molecular weight is 447 g/mol. The molecular formula is C26H26N2O3S. The van der Waals surface area contributed by atoms with Crippen molar-refractivity contribution in [3.8, 4) is 5.75 Å². The maximum atomic E-state index is 13.7. The van der Waals surface area contributed by atoms with Crippen LogP contribution in [0.2, 0.25) is 0 Å². The molecule has 5 nitrogen and oxygen atoms in total. The molecule has 2 aliphatic rings. The van der Waals surface area contributed by atoms with Crippen molar-refractivity contribution in [3.63, 3.8) is 0 Å². The summed E-state index contributed by atoms with van der Waals surface area (Å²) in [5, 5.41) is 2.11. The minimum absolute atomic E-state index is 0.00847. The van der Waals surface area contributed by atoms with Crippen LogP contribution in [0.25, 0.3) is 0 Å². The van der Waals surface area contributed by atoms with Gasteiger partial charge in [0.1, 0.15) is 12.3 Å². The zero-order valence-electron chi connectivity index (χ0n) is 18.1. The third kappa shape index (κ3) is 3.91. The second-order valence-corrected chi connectivity index (χ2v) is 9.31. The van der Waals surface area contributed by atoms with Gasteiger partial charge in [-0.15, -0.1) is 11.3 Å². The van der Waals surface area contributed by atoms with E-state index in [-0.39, 0.29) is 30.4 Å². The van der Waals surface area contributed by atoms with E-state index in [2.05, 4.69) is 23.6 Å². The van der Waals surface area contributed by atoms with E-state index in [9.17, 15) is 9.59 Å². The van der Waals surface area contributed by atoms with E-state index in [4.69, 9.17) is 4.74 Å². The highest BCUT2D eigenvalue weighted by Crippen LogP contribution is 2.38. The van der Waals surface area contributed by atoms with Crippen molar-refractivity contribution >= 4 is 23.2 Å². The smallest absolute Gasteiger partial charge is 0.258 e. The van der Waals surface area contributed by atoms with E-state index in [0.29, 0.717) is 17.9 Å². The number of rotatable bonds is 6. The first-order valence-electron chi connectivity index (χ1n) is 11.0. The Morgan fingerprint density at radius 1 is 1.06 bits per heavy atom. The molecule has 0 bridgehead atoms. The Morgan fingerprint density at radius 3 is 2.56 bits per heavy atom. The Bertz CT molecular complexity index is 1120. The Hall–Kier alpha value is -3.12. The molecule has 2 amide bonds. The Morgan fingerprint density at radius 2 is 1.81 bits per heavy atom. The van der Waals surface area contributed by atoms with Crippen LogP contribution < -0.4 is 4.74 Å². The van der Waals surface area contributed by atoms with Crippen LogP contribution in [0.4, 0.5) is 0 Å². The lowest BCUT2D eigenvalue weighted by Crippen LogP contribution is -2.47. The number of thiophene rings is 1. The number of fused-ring (bicyclic) bond motifs is 1. The number of para-hydroxylation sites is 1. The van der Waals surface area contributed by atoms with Crippen LogP contribution in [0.3, 0.4) is 0 Å². The largest absolute Gasteiger partial charge is 0.496 e. The van der Waals surface area contributed by atoms with Crippen molar-refractivity contribution in [3.05, 3.63) is 87.6 Å².